The largest absolute Gasteiger partial charge is 0.497 e. The Bertz CT molecular complexity index is 583. The molecule has 96 valence electrons. The van der Waals surface area contributed by atoms with Gasteiger partial charge in [0.05, 0.1) is 12.8 Å². The SMILES string of the molecule is COc1ccc(C(=O)C=Cc2ccc(C)cn2)cc1. The first-order valence-electron chi connectivity index (χ1n) is 5.98. The van der Waals surface area contributed by atoms with Crippen LogP contribution in [0.3, 0.4) is 0 Å². The summed E-state index contributed by atoms with van der Waals surface area (Å²) in [5.41, 5.74) is 2.50. The Hall–Kier alpha value is -2.42. The molecule has 0 aliphatic carbocycles. The fourth-order valence-electron chi connectivity index (χ4n) is 1.59. The molecular formula is C16H15NO2. The number of aryl methyl sites for hydroxylation is 1. The van der Waals surface area contributed by atoms with Crippen LogP contribution in [0, 0.1) is 6.92 Å². The van der Waals surface area contributed by atoms with Gasteiger partial charge in [0.2, 0.25) is 0 Å². The zero-order chi connectivity index (χ0) is 13.7. The van der Waals surface area contributed by atoms with E-state index in [2.05, 4.69) is 4.98 Å². The quantitative estimate of drug-likeness (QED) is 0.620. The minimum Gasteiger partial charge on any atom is -0.497 e. The van der Waals surface area contributed by atoms with E-state index in [0.29, 0.717) is 5.56 Å². The lowest BCUT2D eigenvalue weighted by Gasteiger charge is -2.00. The van der Waals surface area contributed by atoms with Crippen molar-refractivity contribution >= 4 is 11.9 Å². The van der Waals surface area contributed by atoms with Gasteiger partial charge in [0.15, 0.2) is 5.78 Å². The van der Waals surface area contributed by atoms with Crippen LogP contribution in [0.5, 0.6) is 5.75 Å². The number of benzene rings is 1. The number of rotatable bonds is 4. The predicted molar refractivity (Wildman–Crippen MR) is 75.3 cm³/mol. The smallest absolute Gasteiger partial charge is 0.185 e. The Kier molecular flexibility index (Phi) is 4.08. The number of hydrogen-bond donors (Lipinski definition) is 0. The zero-order valence-corrected chi connectivity index (χ0v) is 11.0. The number of nitrogens with zero attached hydrogens (tertiary/aromatic N) is 1. The third kappa shape index (κ3) is 3.52. The van der Waals surface area contributed by atoms with Crippen LogP contribution in [-0.2, 0) is 0 Å². The van der Waals surface area contributed by atoms with E-state index in [0.717, 1.165) is 17.0 Å². The number of allylic oxidation sites excluding steroid dienone is 1. The van der Waals surface area contributed by atoms with Crippen molar-refractivity contribution in [1.82, 2.24) is 4.98 Å². The minimum atomic E-state index is -0.0509. The fourth-order valence-corrected chi connectivity index (χ4v) is 1.59. The third-order valence-corrected chi connectivity index (χ3v) is 2.71. The van der Waals surface area contributed by atoms with Gasteiger partial charge in [-0.3, -0.25) is 9.78 Å². The highest BCUT2D eigenvalue weighted by atomic mass is 16.5. The first-order valence-corrected chi connectivity index (χ1v) is 5.98. The van der Waals surface area contributed by atoms with Crippen molar-refractivity contribution in [2.75, 3.05) is 7.11 Å². The Morgan fingerprint density at radius 3 is 2.47 bits per heavy atom. The number of hydrogen-bond acceptors (Lipinski definition) is 3. The van der Waals surface area contributed by atoms with E-state index in [4.69, 9.17) is 4.74 Å². The Morgan fingerprint density at radius 2 is 1.89 bits per heavy atom. The summed E-state index contributed by atoms with van der Waals surface area (Å²) in [4.78, 5) is 16.1. The molecule has 3 heteroatoms. The number of carbonyl (C=O) groups is 1. The molecule has 0 N–H and O–H groups in total. The van der Waals surface area contributed by atoms with Crippen LogP contribution in [0.4, 0.5) is 0 Å². The van der Waals surface area contributed by atoms with Gasteiger partial charge in [0.25, 0.3) is 0 Å². The second-order valence-electron chi connectivity index (χ2n) is 4.19. The van der Waals surface area contributed by atoms with Crippen molar-refractivity contribution in [1.29, 1.82) is 0 Å². The summed E-state index contributed by atoms with van der Waals surface area (Å²) in [5.74, 6) is 0.686. The van der Waals surface area contributed by atoms with Gasteiger partial charge in [-0.2, -0.15) is 0 Å². The monoisotopic (exact) mass is 253 g/mol. The molecule has 2 rings (SSSR count). The highest BCUT2D eigenvalue weighted by Crippen LogP contribution is 2.12. The van der Waals surface area contributed by atoms with Crippen molar-refractivity contribution < 1.29 is 9.53 Å². The van der Waals surface area contributed by atoms with Crippen LogP contribution in [0.2, 0.25) is 0 Å². The summed E-state index contributed by atoms with van der Waals surface area (Å²) >= 11 is 0. The van der Waals surface area contributed by atoms with Gasteiger partial charge < -0.3 is 4.74 Å². The molecule has 0 bridgehead atoms. The topological polar surface area (TPSA) is 39.2 Å². The molecule has 0 fully saturated rings. The molecule has 0 saturated heterocycles. The number of ether oxygens (including phenoxy) is 1. The van der Waals surface area contributed by atoms with Crippen LogP contribution in [0.1, 0.15) is 21.6 Å². The molecule has 0 amide bonds. The molecule has 2 aromatic rings. The number of aromatic nitrogens is 1. The van der Waals surface area contributed by atoms with Gasteiger partial charge in [-0.25, -0.2) is 0 Å². The average Bonchev–Trinajstić information content (AvgIpc) is 2.46. The molecule has 0 saturated carbocycles. The van der Waals surface area contributed by atoms with Gasteiger partial charge in [0, 0.05) is 11.8 Å². The molecule has 0 aliphatic rings. The second-order valence-corrected chi connectivity index (χ2v) is 4.19. The van der Waals surface area contributed by atoms with E-state index < -0.39 is 0 Å². The van der Waals surface area contributed by atoms with Gasteiger partial charge in [0.1, 0.15) is 5.75 Å². The standard InChI is InChI=1S/C16H15NO2/c1-12-3-6-14(17-11-12)7-10-16(18)13-4-8-15(19-2)9-5-13/h3-11H,1-2H3. The molecule has 0 spiro atoms. The van der Waals surface area contributed by atoms with Crippen molar-refractivity contribution in [2.24, 2.45) is 0 Å². The van der Waals surface area contributed by atoms with Crippen LogP contribution < -0.4 is 4.74 Å². The normalized spacial score (nSPS) is 10.6. The Balaban J connectivity index is 2.09. The minimum absolute atomic E-state index is 0.0509. The van der Waals surface area contributed by atoms with Crippen LogP contribution in [0.15, 0.2) is 48.7 Å². The average molecular weight is 253 g/mol. The van der Waals surface area contributed by atoms with Gasteiger partial charge in [-0.05, 0) is 55.0 Å². The maximum Gasteiger partial charge on any atom is 0.185 e. The molecule has 0 atom stereocenters. The molecule has 0 radical (unpaired) electrons. The fraction of sp³-hybridized carbons (Fsp3) is 0.125. The Labute approximate surface area is 112 Å². The molecule has 1 aromatic heterocycles. The summed E-state index contributed by atoms with van der Waals surface area (Å²) in [5, 5.41) is 0. The van der Waals surface area contributed by atoms with E-state index >= 15 is 0 Å². The number of ketones is 1. The number of methoxy groups -OCH3 is 1. The molecule has 1 heterocycles. The molecule has 0 unspecified atom stereocenters. The second kappa shape index (κ2) is 5.96. The molecule has 0 aliphatic heterocycles. The van der Waals surface area contributed by atoms with Crippen molar-refractivity contribution in [3.8, 4) is 5.75 Å². The van der Waals surface area contributed by atoms with E-state index in [1.165, 1.54) is 6.08 Å². The van der Waals surface area contributed by atoms with Crippen molar-refractivity contribution in [3.05, 3.63) is 65.5 Å². The van der Waals surface area contributed by atoms with Crippen molar-refractivity contribution in [2.45, 2.75) is 6.92 Å². The lowest BCUT2D eigenvalue weighted by molar-refractivity contribution is 0.104. The van der Waals surface area contributed by atoms with E-state index in [1.54, 1.807) is 43.6 Å². The van der Waals surface area contributed by atoms with E-state index in [9.17, 15) is 4.79 Å². The highest BCUT2D eigenvalue weighted by molar-refractivity contribution is 6.06. The molecule has 1 aromatic carbocycles. The third-order valence-electron chi connectivity index (χ3n) is 2.71. The number of carbonyl (C=O) groups excluding carboxylic acids is 1. The summed E-state index contributed by atoms with van der Waals surface area (Å²) in [6, 6.07) is 10.9. The van der Waals surface area contributed by atoms with Crippen molar-refractivity contribution in [3.63, 3.8) is 0 Å². The highest BCUT2D eigenvalue weighted by Gasteiger charge is 2.01. The van der Waals surface area contributed by atoms with Gasteiger partial charge in [-0.1, -0.05) is 6.07 Å². The van der Waals surface area contributed by atoms with Crippen LogP contribution in [0.25, 0.3) is 6.08 Å². The lowest BCUT2D eigenvalue weighted by atomic mass is 10.1. The van der Waals surface area contributed by atoms with E-state index in [-0.39, 0.29) is 5.78 Å². The maximum absolute atomic E-state index is 11.9. The van der Waals surface area contributed by atoms with E-state index in [1.807, 2.05) is 19.1 Å². The first-order chi connectivity index (χ1) is 9.19. The lowest BCUT2D eigenvalue weighted by Crippen LogP contribution is -1.94. The molecule has 3 nitrogen and oxygen atoms in total. The first kappa shape index (κ1) is 13.0. The molecule has 19 heavy (non-hydrogen) atoms. The zero-order valence-electron chi connectivity index (χ0n) is 11.0. The summed E-state index contributed by atoms with van der Waals surface area (Å²) in [6.45, 7) is 1.98. The summed E-state index contributed by atoms with van der Waals surface area (Å²) in [7, 11) is 1.60. The summed E-state index contributed by atoms with van der Waals surface area (Å²) < 4.78 is 5.05. The summed E-state index contributed by atoms with van der Waals surface area (Å²) in [6.07, 6.45) is 5.02. The van der Waals surface area contributed by atoms with Gasteiger partial charge >= 0.3 is 0 Å². The Morgan fingerprint density at radius 1 is 1.16 bits per heavy atom. The van der Waals surface area contributed by atoms with Crippen LogP contribution >= 0.6 is 0 Å². The molecular weight excluding hydrogens is 238 g/mol. The van der Waals surface area contributed by atoms with Crippen LogP contribution in [-0.4, -0.2) is 17.9 Å². The predicted octanol–water partition coefficient (Wildman–Crippen LogP) is 3.29. The maximum atomic E-state index is 11.9. The number of pyridine rings is 1. The van der Waals surface area contributed by atoms with Gasteiger partial charge in [-0.15, -0.1) is 0 Å².